The number of rotatable bonds is 3. The maximum atomic E-state index is 13.8. The number of anilines is 2. The first-order valence-electron chi connectivity index (χ1n) is 6.88. The van der Waals surface area contributed by atoms with Gasteiger partial charge in [-0.25, -0.2) is 18.2 Å². The maximum Gasteiger partial charge on any atom is 0.196 e. The Labute approximate surface area is 125 Å². The van der Waals surface area contributed by atoms with Crippen LogP contribution in [-0.2, 0) is 6.42 Å². The molecule has 0 fully saturated rings. The molecule has 22 heavy (non-hydrogen) atoms. The zero-order valence-corrected chi connectivity index (χ0v) is 11.8. The molecular formula is C17H13F3N2. The zero-order chi connectivity index (χ0) is 15.7. The third-order valence-corrected chi connectivity index (χ3v) is 3.53. The van der Waals surface area contributed by atoms with Crippen LogP contribution in [0.1, 0.15) is 12.5 Å². The molecule has 0 saturated heterocycles. The summed E-state index contributed by atoms with van der Waals surface area (Å²) in [4.78, 5) is 4.18. The number of hydrogen-bond donors (Lipinski definition) is 1. The highest BCUT2D eigenvalue weighted by atomic mass is 19.2. The Balaban J connectivity index is 2.09. The molecule has 0 aliphatic rings. The number of halogens is 3. The Morgan fingerprint density at radius 3 is 2.59 bits per heavy atom. The molecule has 0 spiro atoms. The van der Waals surface area contributed by atoms with E-state index in [2.05, 4.69) is 10.3 Å². The SMILES string of the molecule is CCc1ccc2ccnc(Nc3ccc(F)c(F)c3F)c2c1. The van der Waals surface area contributed by atoms with Crippen molar-refractivity contribution in [1.82, 2.24) is 4.98 Å². The van der Waals surface area contributed by atoms with E-state index in [1.165, 1.54) is 0 Å². The van der Waals surface area contributed by atoms with Crippen molar-refractivity contribution in [3.63, 3.8) is 0 Å². The predicted molar refractivity (Wildman–Crippen MR) is 80.7 cm³/mol. The van der Waals surface area contributed by atoms with E-state index in [0.717, 1.165) is 34.9 Å². The van der Waals surface area contributed by atoms with E-state index in [1.807, 2.05) is 31.2 Å². The lowest BCUT2D eigenvalue weighted by molar-refractivity contribution is 0.449. The number of hydrogen-bond acceptors (Lipinski definition) is 2. The fraction of sp³-hybridized carbons (Fsp3) is 0.118. The van der Waals surface area contributed by atoms with Gasteiger partial charge in [-0.05, 0) is 41.6 Å². The van der Waals surface area contributed by atoms with Crippen molar-refractivity contribution in [2.24, 2.45) is 0 Å². The molecule has 0 aliphatic heterocycles. The number of aromatic nitrogens is 1. The molecule has 3 rings (SSSR count). The van der Waals surface area contributed by atoms with E-state index < -0.39 is 17.5 Å². The number of fused-ring (bicyclic) bond motifs is 1. The summed E-state index contributed by atoms with van der Waals surface area (Å²) in [5.74, 6) is -3.58. The van der Waals surface area contributed by atoms with E-state index >= 15 is 0 Å². The topological polar surface area (TPSA) is 24.9 Å². The van der Waals surface area contributed by atoms with Gasteiger partial charge < -0.3 is 5.32 Å². The highest BCUT2D eigenvalue weighted by Gasteiger charge is 2.14. The second kappa shape index (κ2) is 5.67. The first kappa shape index (κ1) is 14.4. The Bertz CT molecular complexity index is 847. The van der Waals surface area contributed by atoms with Gasteiger partial charge in [0.05, 0.1) is 5.69 Å². The second-order valence-corrected chi connectivity index (χ2v) is 4.92. The number of benzene rings is 2. The first-order chi connectivity index (χ1) is 10.6. The van der Waals surface area contributed by atoms with Crippen LogP contribution < -0.4 is 5.32 Å². The van der Waals surface area contributed by atoms with Gasteiger partial charge in [-0.3, -0.25) is 0 Å². The Kier molecular flexibility index (Phi) is 3.71. The van der Waals surface area contributed by atoms with Crippen LogP contribution in [0.5, 0.6) is 0 Å². The fourth-order valence-electron chi connectivity index (χ4n) is 2.29. The minimum atomic E-state index is -1.50. The third-order valence-electron chi connectivity index (χ3n) is 3.53. The average molecular weight is 302 g/mol. The summed E-state index contributed by atoms with van der Waals surface area (Å²) in [6.07, 6.45) is 2.43. The van der Waals surface area contributed by atoms with Gasteiger partial charge in [0.1, 0.15) is 5.82 Å². The Morgan fingerprint density at radius 2 is 1.82 bits per heavy atom. The largest absolute Gasteiger partial charge is 0.337 e. The van der Waals surface area contributed by atoms with E-state index in [4.69, 9.17) is 0 Å². The molecule has 2 aromatic carbocycles. The van der Waals surface area contributed by atoms with E-state index in [9.17, 15) is 13.2 Å². The summed E-state index contributed by atoms with van der Waals surface area (Å²) >= 11 is 0. The number of nitrogens with zero attached hydrogens (tertiary/aromatic N) is 1. The normalized spacial score (nSPS) is 10.9. The first-order valence-corrected chi connectivity index (χ1v) is 6.88. The van der Waals surface area contributed by atoms with Crippen molar-refractivity contribution in [3.8, 4) is 0 Å². The summed E-state index contributed by atoms with van der Waals surface area (Å²) in [6.45, 7) is 2.03. The lowest BCUT2D eigenvalue weighted by atomic mass is 10.1. The standard InChI is InChI=1S/C17H13F3N2/c1-2-10-3-4-11-7-8-21-17(12(11)9-10)22-14-6-5-13(18)15(19)16(14)20/h3-9H,2H2,1H3,(H,21,22). The molecule has 2 nitrogen and oxygen atoms in total. The van der Waals surface area contributed by atoms with E-state index in [-0.39, 0.29) is 5.69 Å². The van der Waals surface area contributed by atoms with Gasteiger partial charge in [0.15, 0.2) is 17.5 Å². The molecule has 0 unspecified atom stereocenters. The average Bonchev–Trinajstić information content (AvgIpc) is 2.55. The van der Waals surface area contributed by atoms with Gasteiger partial charge in [0.2, 0.25) is 0 Å². The second-order valence-electron chi connectivity index (χ2n) is 4.92. The minimum Gasteiger partial charge on any atom is -0.337 e. The van der Waals surface area contributed by atoms with Crippen LogP contribution in [0.3, 0.4) is 0 Å². The Hall–Kier alpha value is -2.56. The molecule has 1 heterocycles. The van der Waals surface area contributed by atoms with Gasteiger partial charge in [-0.2, -0.15) is 0 Å². The lowest BCUT2D eigenvalue weighted by Crippen LogP contribution is -2.01. The quantitative estimate of drug-likeness (QED) is 0.692. The van der Waals surface area contributed by atoms with Gasteiger partial charge in [0.25, 0.3) is 0 Å². The van der Waals surface area contributed by atoms with Crippen LogP contribution in [0, 0.1) is 17.5 Å². The van der Waals surface area contributed by atoms with Crippen LogP contribution in [0.15, 0.2) is 42.6 Å². The smallest absolute Gasteiger partial charge is 0.196 e. The van der Waals surface area contributed by atoms with Crippen LogP contribution in [0.4, 0.5) is 24.7 Å². The third kappa shape index (κ3) is 2.50. The predicted octanol–water partition coefficient (Wildman–Crippen LogP) is 4.96. The number of nitrogens with one attached hydrogen (secondary N) is 1. The molecule has 0 amide bonds. The number of aryl methyl sites for hydroxylation is 1. The fourth-order valence-corrected chi connectivity index (χ4v) is 2.29. The van der Waals surface area contributed by atoms with Gasteiger partial charge in [0, 0.05) is 11.6 Å². The molecule has 5 heteroatoms. The molecule has 0 aliphatic carbocycles. The van der Waals surface area contributed by atoms with Crippen LogP contribution in [0.2, 0.25) is 0 Å². The summed E-state index contributed by atoms with van der Waals surface area (Å²) < 4.78 is 40.1. The molecule has 1 aromatic heterocycles. The summed E-state index contributed by atoms with van der Waals surface area (Å²) in [6, 6.07) is 9.76. The van der Waals surface area contributed by atoms with Crippen molar-refractivity contribution in [2.45, 2.75) is 13.3 Å². The molecule has 112 valence electrons. The van der Waals surface area contributed by atoms with Crippen molar-refractivity contribution in [2.75, 3.05) is 5.32 Å². The molecular weight excluding hydrogens is 289 g/mol. The lowest BCUT2D eigenvalue weighted by Gasteiger charge is -2.11. The number of pyridine rings is 1. The Morgan fingerprint density at radius 1 is 1.00 bits per heavy atom. The monoisotopic (exact) mass is 302 g/mol. The van der Waals surface area contributed by atoms with Gasteiger partial charge in [-0.1, -0.05) is 19.1 Å². The van der Waals surface area contributed by atoms with Crippen LogP contribution >= 0.6 is 0 Å². The van der Waals surface area contributed by atoms with E-state index in [0.29, 0.717) is 5.82 Å². The van der Waals surface area contributed by atoms with Gasteiger partial charge in [-0.15, -0.1) is 0 Å². The highest BCUT2D eigenvalue weighted by Crippen LogP contribution is 2.28. The van der Waals surface area contributed by atoms with Crippen molar-refractivity contribution in [1.29, 1.82) is 0 Å². The van der Waals surface area contributed by atoms with Crippen LogP contribution in [0.25, 0.3) is 10.8 Å². The van der Waals surface area contributed by atoms with Crippen molar-refractivity contribution in [3.05, 3.63) is 65.6 Å². The van der Waals surface area contributed by atoms with Gasteiger partial charge >= 0.3 is 0 Å². The summed E-state index contributed by atoms with van der Waals surface area (Å²) in [5, 5.41) is 4.47. The molecule has 1 N–H and O–H groups in total. The maximum absolute atomic E-state index is 13.8. The van der Waals surface area contributed by atoms with Crippen LogP contribution in [-0.4, -0.2) is 4.98 Å². The minimum absolute atomic E-state index is 0.152. The zero-order valence-electron chi connectivity index (χ0n) is 11.8. The highest BCUT2D eigenvalue weighted by molar-refractivity contribution is 5.93. The van der Waals surface area contributed by atoms with Crippen molar-refractivity contribution >= 4 is 22.3 Å². The van der Waals surface area contributed by atoms with E-state index in [1.54, 1.807) is 6.20 Å². The molecule has 0 radical (unpaired) electrons. The molecule has 0 atom stereocenters. The molecule has 0 bridgehead atoms. The van der Waals surface area contributed by atoms with Crippen molar-refractivity contribution < 1.29 is 13.2 Å². The molecule has 0 saturated carbocycles. The summed E-state index contributed by atoms with van der Waals surface area (Å²) in [7, 11) is 0. The molecule has 3 aromatic rings. The summed E-state index contributed by atoms with van der Waals surface area (Å²) in [5.41, 5.74) is 0.954.